The number of aliphatic hydroxyl groups is 1. The van der Waals surface area contributed by atoms with E-state index in [-0.39, 0.29) is 0 Å². The zero-order valence-corrected chi connectivity index (χ0v) is 5.82. The minimum atomic E-state index is -0.839. The molecular formula is C7H7BNO2. The first-order valence-corrected chi connectivity index (χ1v) is 3.33. The Morgan fingerprint density at radius 1 is 1.55 bits per heavy atom. The molecule has 1 aliphatic rings. The van der Waals surface area contributed by atoms with Crippen LogP contribution in [0.3, 0.4) is 0 Å². The van der Waals surface area contributed by atoms with Gasteiger partial charge in [-0.25, -0.2) is 0 Å². The Kier molecular flexibility index (Phi) is 1.37. The monoisotopic (exact) mass is 148 g/mol. The number of anilines is 1. The maximum absolute atomic E-state index is 9.20. The van der Waals surface area contributed by atoms with Crippen LogP contribution in [0, 0.1) is 0 Å². The summed E-state index contributed by atoms with van der Waals surface area (Å²) in [6.45, 7) is 0. The van der Waals surface area contributed by atoms with E-state index in [1.807, 2.05) is 6.07 Å². The van der Waals surface area contributed by atoms with E-state index in [9.17, 15) is 5.11 Å². The van der Waals surface area contributed by atoms with Crippen molar-refractivity contribution in [3.63, 3.8) is 0 Å². The molecule has 1 unspecified atom stereocenters. The van der Waals surface area contributed by atoms with Gasteiger partial charge in [0.2, 0.25) is 0 Å². The van der Waals surface area contributed by atoms with Gasteiger partial charge in [0.05, 0.1) is 0 Å². The first-order valence-electron chi connectivity index (χ1n) is 3.33. The molecule has 3 N–H and O–H groups in total. The summed E-state index contributed by atoms with van der Waals surface area (Å²) in [5.41, 5.74) is 7.79. The van der Waals surface area contributed by atoms with Crippen molar-refractivity contribution in [1.82, 2.24) is 0 Å². The SMILES string of the molecule is Nc1ccc2c(c1)C(O)O[B]2. The summed E-state index contributed by atoms with van der Waals surface area (Å²) in [6, 6.07) is 5.31. The first-order chi connectivity index (χ1) is 5.27. The van der Waals surface area contributed by atoms with Gasteiger partial charge in [0.25, 0.3) is 0 Å². The summed E-state index contributed by atoms with van der Waals surface area (Å²) in [4.78, 5) is 0. The molecule has 11 heavy (non-hydrogen) atoms. The van der Waals surface area contributed by atoms with Crippen LogP contribution in [0.25, 0.3) is 0 Å². The fourth-order valence-electron chi connectivity index (χ4n) is 1.13. The molecule has 1 aromatic rings. The van der Waals surface area contributed by atoms with E-state index < -0.39 is 6.29 Å². The molecule has 1 atom stereocenters. The second-order valence-electron chi connectivity index (χ2n) is 2.49. The van der Waals surface area contributed by atoms with E-state index in [1.54, 1.807) is 12.1 Å². The Balaban J connectivity index is 2.52. The third kappa shape index (κ3) is 1.00. The van der Waals surface area contributed by atoms with Crippen molar-refractivity contribution in [3.05, 3.63) is 23.8 Å². The van der Waals surface area contributed by atoms with Gasteiger partial charge in [0.1, 0.15) is 0 Å². The molecule has 1 radical (unpaired) electrons. The molecule has 0 amide bonds. The quantitative estimate of drug-likeness (QED) is 0.386. The summed E-state index contributed by atoms with van der Waals surface area (Å²) in [5, 5.41) is 9.20. The second kappa shape index (κ2) is 2.25. The molecule has 4 heteroatoms. The summed E-state index contributed by atoms with van der Waals surface area (Å²) in [6.07, 6.45) is -0.839. The van der Waals surface area contributed by atoms with Crippen LogP contribution in [0.2, 0.25) is 0 Å². The van der Waals surface area contributed by atoms with Crippen molar-refractivity contribution in [1.29, 1.82) is 0 Å². The number of hydrogen-bond acceptors (Lipinski definition) is 3. The average Bonchev–Trinajstić information content (AvgIpc) is 2.33. The van der Waals surface area contributed by atoms with E-state index in [1.165, 1.54) is 7.48 Å². The standard InChI is InChI=1S/C7H7BNO2/c9-4-1-2-6-5(3-4)7(10)11-8-6/h1-3,7,10H,9H2. The summed E-state index contributed by atoms with van der Waals surface area (Å²) in [7, 11) is 1.53. The van der Waals surface area contributed by atoms with Gasteiger partial charge in [-0.2, -0.15) is 0 Å². The zero-order valence-electron chi connectivity index (χ0n) is 5.82. The van der Waals surface area contributed by atoms with Crippen LogP contribution in [0.5, 0.6) is 0 Å². The Morgan fingerprint density at radius 3 is 3.18 bits per heavy atom. The molecule has 0 saturated heterocycles. The molecule has 0 spiro atoms. The minimum Gasteiger partial charge on any atom is -0.407 e. The van der Waals surface area contributed by atoms with Crippen LogP contribution < -0.4 is 11.2 Å². The lowest BCUT2D eigenvalue weighted by atomic mass is 9.87. The lowest BCUT2D eigenvalue weighted by Crippen LogP contribution is -2.10. The summed E-state index contributed by atoms with van der Waals surface area (Å²) >= 11 is 0. The van der Waals surface area contributed by atoms with Crippen LogP contribution >= 0.6 is 0 Å². The smallest absolute Gasteiger partial charge is 0.334 e. The molecule has 2 rings (SSSR count). The molecule has 0 bridgehead atoms. The van der Waals surface area contributed by atoms with Crippen LogP contribution in [0.4, 0.5) is 5.69 Å². The Hall–Kier alpha value is -0.995. The largest absolute Gasteiger partial charge is 0.407 e. The molecule has 1 aromatic carbocycles. The molecule has 0 fully saturated rings. The van der Waals surface area contributed by atoms with Gasteiger partial charge in [0, 0.05) is 11.3 Å². The predicted octanol–water partition coefficient (Wildman–Crippen LogP) is -0.466. The van der Waals surface area contributed by atoms with Crippen LogP contribution in [0.1, 0.15) is 11.9 Å². The highest BCUT2D eigenvalue weighted by Crippen LogP contribution is 2.19. The maximum atomic E-state index is 9.20. The number of fused-ring (bicyclic) bond motifs is 1. The molecule has 1 aliphatic heterocycles. The molecular weight excluding hydrogens is 141 g/mol. The lowest BCUT2D eigenvalue weighted by Gasteiger charge is -2.03. The van der Waals surface area contributed by atoms with Gasteiger partial charge >= 0.3 is 7.48 Å². The molecule has 0 saturated carbocycles. The number of benzene rings is 1. The van der Waals surface area contributed by atoms with Gasteiger partial charge in [-0.3, -0.25) is 0 Å². The maximum Gasteiger partial charge on any atom is 0.334 e. The highest BCUT2D eigenvalue weighted by molar-refractivity contribution is 6.49. The number of nitrogen functional groups attached to an aromatic ring is 1. The van der Waals surface area contributed by atoms with Crippen molar-refractivity contribution < 1.29 is 9.76 Å². The van der Waals surface area contributed by atoms with Crippen molar-refractivity contribution in [3.8, 4) is 0 Å². The van der Waals surface area contributed by atoms with E-state index in [0.29, 0.717) is 5.69 Å². The van der Waals surface area contributed by atoms with Gasteiger partial charge < -0.3 is 15.5 Å². The topological polar surface area (TPSA) is 55.5 Å². The van der Waals surface area contributed by atoms with E-state index in [4.69, 9.17) is 10.4 Å². The normalized spacial score (nSPS) is 21.0. The Labute approximate surface area is 65.1 Å². The van der Waals surface area contributed by atoms with Gasteiger partial charge in [0.15, 0.2) is 6.29 Å². The Morgan fingerprint density at radius 2 is 2.36 bits per heavy atom. The van der Waals surface area contributed by atoms with Crippen LogP contribution in [-0.2, 0) is 4.65 Å². The second-order valence-corrected chi connectivity index (χ2v) is 2.49. The zero-order chi connectivity index (χ0) is 7.84. The molecule has 0 aliphatic carbocycles. The fourth-order valence-corrected chi connectivity index (χ4v) is 1.13. The van der Waals surface area contributed by atoms with Crippen molar-refractivity contribution in [2.75, 3.05) is 5.73 Å². The summed E-state index contributed by atoms with van der Waals surface area (Å²) in [5.74, 6) is 0. The highest BCUT2D eigenvalue weighted by Gasteiger charge is 2.21. The van der Waals surface area contributed by atoms with E-state index >= 15 is 0 Å². The Bertz CT molecular complexity index is 290. The van der Waals surface area contributed by atoms with E-state index in [0.717, 1.165) is 11.0 Å². The van der Waals surface area contributed by atoms with E-state index in [2.05, 4.69) is 0 Å². The van der Waals surface area contributed by atoms with Crippen LogP contribution in [0.15, 0.2) is 18.2 Å². The fraction of sp³-hybridized carbons (Fsp3) is 0.143. The van der Waals surface area contributed by atoms with Crippen LogP contribution in [-0.4, -0.2) is 12.6 Å². The number of hydrogen-bond donors (Lipinski definition) is 2. The molecule has 3 nitrogen and oxygen atoms in total. The van der Waals surface area contributed by atoms with Gasteiger partial charge in [-0.15, -0.1) is 0 Å². The third-order valence-corrected chi connectivity index (χ3v) is 1.70. The first kappa shape index (κ1) is 6.70. The number of aliphatic hydroxyl groups excluding tert-OH is 1. The average molecular weight is 148 g/mol. The third-order valence-electron chi connectivity index (χ3n) is 1.70. The van der Waals surface area contributed by atoms with Crippen molar-refractivity contribution >= 4 is 18.6 Å². The molecule has 1 heterocycles. The van der Waals surface area contributed by atoms with Gasteiger partial charge in [-0.1, -0.05) is 6.07 Å². The summed E-state index contributed by atoms with van der Waals surface area (Å²) < 4.78 is 4.85. The number of rotatable bonds is 0. The van der Waals surface area contributed by atoms with Crippen molar-refractivity contribution in [2.24, 2.45) is 0 Å². The molecule has 55 valence electrons. The highest BCUT2D eigenvalue weighted by atomic mass is 16.6. The number of nitrogens with two attached hydrogens (primary N) is 1. The van der Waals surface area contributed by atoms with Crippen molar-refractivity contribution in [2.45, 2.75) is 6.29 Å². The van der Waals surface area contributed by atoms with Gasteiger partial charge in [-0.05, 0) is 17.6 Å². The molecule has 0 aromatic heterocycles. The predicted molar refractivity (Wildman–Crippen MR) is 42.3 cm³/mol. The lowest BCUT2D eigenvalue weighted by molar-refractivity contribution is -0.00790. The minimum absolute atomic E-state index is 0.640.